The highest BCUT2D eigenvalue weighted by molar-refractivity contribution is 6.01. The summed E-state index contributed by atoms with van der Waals surface area (Å²) in [5.41, 5.74) is 6.91. The number of phenols is 2. The number of carbonyl (C=O) groups is 3. The van der Waals surface area contributed by atoms with E-state index in [1.165, 1.54) is 23.8 Å². The zero-order chi connectivity index (χ0) is 42.0. The molecule has 0 bridgehead atoms. The Morgan fingerprint density at radius 3 is 1.79 bits per heavy atom. The predicted octanol–water partition coefficient (Wildman–Crippen LogP) is 11.8. The minimum Gasteiger partial charge on any atom is -0.508 e. The van der Waals surface area contributed by atoms with Crippen molar-refractivity contribution in [2.75, 3.05) is 0 Å². The minimum atomic E-state index is -0.932. The molecule has 1 aliphatic carbocycles. The second kappa shape index (κ2) is 22.4. The van der Waals surface area contributed by atoms with Gasteiger partial charge in [0.15, 0.2) is 11.9 Å². The quantitative estimate of drug-likeness (QED) is 0.0757. The lowest BCUT2D eigenvalue weighted by Gasteiger charge is -2.36. The molecular weight excluding hydrogens is 713 g/mol. The summed E-state index contributed by atoms with van der Waals surface area (Å²) in [6.45, 7) is 16.0. The normalized spacial score (nSPS) is 17.4. The monoisotopic (exact) mass is 768 g/mol. The van der Waals surface area contributed by atoms with E-state index < -0.39 is 23.5 Å². The van der Waals surface area contributed by atoms with Gasteiger partial charge >= 0.3 is 11.9 Å². The van der Waals surface area contributed by atoms with E-state index in [-0.39, 0.29) is 30.1 Å². The van der Waals surface area contributed by atoms with Gasteiger partial charge < -0.3 is 19.7 Å². The van der Waals surface area contributed by atoms with E-state index in [1.54, 1.807) is 43.3 Å². The molecule has 1 aliphatic rings. The van der Waals surface area contributed by atoms with Crippen molar-refractivity contribution in [1.29, 1.82) is 0 Å². The Hall–Kier alpha value is -6.21. The molecule has 2 N–H and O–H groups in total. The third-order valence-corrected chi connectivity index (χ3v) is 9.01. The lowest BCUT2D eigenvalue weighted by atomic mass is 9.71. The van der Waals surface area contributed by atoms with Gasteiger partial charge in [0.2, 0.25) is 0 Å². The van der Waals surface area contributed by atoms with E-state index >= 15 is 0 Å². The number of hydrogen-bond donors (Lipinski definition) is 2. The number of carbonyl (C=O) groups excluding carboxylic acids is 3. The predicted molar refractivity (Wildman–Crippen MR) is 232 cm³/mol. The van der Waals surface area contributed by atoms with Gasteiger partial charge in [0.25, 0.3) is 0 Å². The van der Waals surface area contributed by atoms with Crippen LogP contribution in [0.4, 0.5) is 0 Å². The average molecular weight is 769 g/mol. The fraction of sp³-hybridized carbons (Fsp3) is 0.260. The lowest BCUT2D eigenvalue weighted by molar-refractivity contribution is -0.157. The van der Waals surface area contributed by atoms with Crippen molar-refractivity contribution in [3.63, 3.8) is 0 Å². The molecule has 7 heteroatoms. The van der Waals surface area contributed by atoms with Crippen molar-refractivity contribution >= 4 is 29.9 Å². The van der Waals surface area contributed by atoms with Crippen molar-refractivity contribution in [3.05, 3.63) is 172 Å². The van der Waals surface area contributed by atoms with Gasteiger partial charge in [0.1, 0.15) is 17.2 Å². The second-order valence-electron chi connectivity index (χ2n) is 14.7. The van der Waals surface area contributed by atoms with E-state index in [9.17, 15) is 24.6 Å². The molecule has 1 atom stereocenters. The van der Waals surface area contributed by atoms with Gasteiger partial charge in [-0.1, -0.05) is 145 Å². The number of hydrogen-bond acceptors (Lipinski definition) is 7. The second-order valence-corrected chi connectivity index (χ2v) is 14.7. The van der Waals surface area contributed by atoms with Crippen LogP contribution in [-0.4, -0.2) is 34.0 Å². The number of aromatic hydroxyl groups is 2. The third-order valence-electron chi connectivity index (χ3n) is 9.01. The molecule has 0 fully saturated rings. The summed E-state index contributed by atoms with van der Waals surface area (Å²) in [5, 5.41) is 19.3. The number of ketones is 1. The van der Waals surface area contributed by atoms with Crippen LogP contribution in [0, 0.1) is 5.41 Å². The Morgan fingerprint density at radius 2 is 1.21 bits per heavy atom. The van der Waals surface area contributed by atoms with Crippen molar-refractivity contribution in [3.8, 4) is 17.2 Å². The number of rotatable bonds is 16. The molecule has 0 saturated heterocycles. The molecule has 7 nitrogen and oxygen atoms in total. The van der Waals surface area contributed by atoms with Crippen LogP contribution in [0.5, 0.6) is 17.2 Å². The lowest BCUT2D eigenvalue weighted by Crippen LogP contribution is -2.39. The highest BCUT2D eigenvalue weighted by atomic mass is 16.6. The summed E-state index contributed by atoms with van der Waals surface area (Å²) in [6.07, 6.45) is 30.9. The van der Waals surface area contributed by atoms with Crippen LogP contribution in [-0.2, 0) is 19.1 Å². The maximum Gasteiger partial charge on any atom is 0.311 e. The van der Waals surface area contributed by atoms with E-state index in [2.05, 4.69) is 44.2 Å². The maximum absolute atomic E-state index is 13.3. The van der Waals surface area contributed by atoms with Gasteiger partial charge in [-0.3, -0.25) is 14.4 Å². The van der Waals surface area contributed by atoms with Crippen molar-refractivity contribution in [2.45, 2.75) is 80.8 Å². The molecule has 0 aliphatic heterocycles. The van der Waals surface area contributed by atoms with E-state index in [0.717, 1.165) is 27.9 Å². The Labute approximate surface area is 338 Å². The number of esters is 2. The maximum atomic E-state index is 13.3. The fourth-order valence-electron chi connectivity index (χ4n) is 5.97. The van der Waals surface area contributed by atoms with Crippen LogP contribution in [0.15, 0.2) is 161 Å². The molecule has 3 rings (SSSR count). The molecule has 57 heavy (non-hydrogen) atoms. The van der Waals surface area contributed by atoms with Crippen molar-refractivity contribution in [2.24, 2.45) is 5.41 Å². The molecule has 1 unspecified atom stereocenters. The summed E-state index contributed by atoms with van der Waals surface area (Å²) >= 11 is 0. The van der Waals surface area contributed by atoms with Crippen LogP contribution in [0.25, 0.3) is 12.2 Å². The highest BCUT2D eigenvalue weighted by Crippen LogP contribution is 2.41. The largest absolute Gasteiger partial charge is 0.508 e. The molecule has 298 valence electrons. The van der Waals surface area contributed by atoms with E-state index in [0.29, 0.717) is 23.3 Å². The van der Waals surface area contributed by atoms with Crippen LogP contribution >= 0.6 is 0 Å². The Morgan fingerprint density at radius 1 is 0.702 bits per heavy atom. The number of Topliss-reactive ketones (excluding diaryl/α,β-unsaturated/α-hetero) is 1. The van der Waals surface area contributed by atoms with Crippen LogP contribution in [0.2, 0.25) is 0 Å². The van der Waals surface area contributed by atoms with Gasteiger partial charge in [0, 0.05) is 12.5 Å². The SMILES string of the molecule is C/C=C/C(C)=C/C=C/C(C)=C/C=C/C=C(C)/C=C/C=C(C)/C=C/C1=C(C)C(=O)C(OC(=O)CCC(=O)Oc2ccc(/C=C/c3cc(O)cc(O)c3)cc2)CC1(C)C. The standard InChI is InChI=1S/C50H56O7/c1-9-14-35(2)17-12-18-36(3)15-10-11-16-37(4)19-13-20-38(5)21-28-45-39(6)49(55)46(34-50(45,7)8)57-48(54)30-29-47(53)56-44-26-24-40(25-27-44)22-23-41-31-42(51)33-43(52)32-41/h9-28,31-33,46,51-52H,29-30,34H2,1-8H3/b11-10+,14-9+,18-12+,19-13+,23-22+,28-21+,35-17+,36-15+,37-16+,38-20+. The summed E-state index contributed by atoms with van der Waals surface area (Å²) in [5.74, 6) is -1.25. The Bertz CT molecular complexity index is 2080. The fourth-order valence-corrected chi connectivity index (χ4v) is 5.97. The summed E-state index contributed by atoms with van der Waals surface area (Å²) in [4.78, 5) is 38.5. The van der Waals surface area contributed by atoms with Gasteiger partial charge in [-0.15, -0.1) is 0 Å². The van der Waals surface area contributed by atoms with Gasteiger partial charge in [-0.05, 0) is 93.5 Å². The zero-order valence-electron chi connectivity index (χ0n) is 34.4. The first kappa shape index (κ1) is 45.2. The van der Waals surface area contributed by atoms with Crippen LogP contribution in [0.3, 0.4) is 0 Å². The van der Waals surface area contributed by atoms with Crippen molar-refractivity contribution < 1.29 is 34.1 Å². The molecular formula is C50H56O7. The van der Waals surface area contributed by atoms with Gasteiger partial charge in [-0.25, -0.2) is 0 Å². The van der Waals surface area contributed by atoms with E-state index in [4.69, 9.17) is 9.47 Å². The first-order valence-corrected chi connectivity index (χ1v) is 19.1. The van der Waals surface area contributed by atoms with Crippen LogP contribution in [0.1, 0.15) is 85.8 Å². The number of allylic oxidation sites excluding steroid dienone is 19. The summed E-state index contributed by atoms with van der Waals surface area (Å²) in [6, 6.07) is 11.0. The molecule has 0 radical (unpaired) electrons. The topological polar surface area (TPSA) is 110 Å². The number of phenolic OH excluding ortho intramolecular Hbond substituents is 2. The Kier molecular flexibility index (Phi) is 17.7. The third kappa shape index (κ3) is 16.2. The highest BCUT2D eigenvalue weighted by Gasteiger charge is 2.39. The molecule has 0 saturated carbocycles. The smallest absolute Gasteiger partial charge is 0.311 e. The molecule has 0 heterocycles. The number of benzene rings is 2. The summed E-state index contributed by atoms with van der Waals surface area (Å²) in [7, 11) is 0. The number of ether oxygens (including phenoxy) is 2. The Balaban J connectivity index is 1.50. The van der Waals surface area contributed by atoms with Gasteiger partial charge in [0.05, 0.1) is 12.8 Å². The average Bonchev–Trinajstić information content (AvgIpc) is 3.14. The van der Waals surface area contributed by atoms with E-state index in [1.807, 2.05) is 89.3 Å². The first-order valence-electron chi connectivity index (χ1n) is 19.1. The minimum absolute atomic E-state index is 0.0426. The van der Waals surface area contributed by atoms with Gasteiger partial charge in [-0.2, -0.15) is 0 Å². The molecule has 0 amide bonds. The zero-order valence-corrected chi connectivity index (χ0v) is 34.4. The van der Waals surface area contributed by atoms with Crippen molar-refractivity contribution in [1.82, 2.24) is 0 Å². The molecule has 0 aromatic heterocycles. The first-order chi connectivity index (χ1) is 27.1. The molecule has 2 aromatic carbocycles. The van der Waals surface area contributed by atoms with Crippen LogP contribution < -0.4 is 4.74 Å². The molecule has 2 aromatic rings. The summed E-state index contributed by atoms with van der Waals surface area (Å²) < 4.78 is 11.0. The molecule has 0 spiro atoms.